The molecule has 23 heavy (non-hydrogen) atoms. The van der Waals surface area contributed by atoms with E-state index >= 15 is 0 Å². The molecule has 0 nitrogen and oxygen atoms in total. The predicted octanol–water partition coefficient (Wildman–Crippen LogP) is -0.291. The normalized spacial score (nSPS) is 15.3. The molecule has 0 N–H and O–H groups in total. The Bertz CT molecular complexity index is 675. The zero-order chi connectivity index (χ0) is 14.8. The van der Waals surface area contributed by atoms with Crippen LogP contribution in [0.3, 0.4) is 0 Å². The van der Waals surface area contributed by atoms with Crippen molar-refractivity contribution in [2.45, 2.75) is 36.7 Å². The van der Waals surface area contributed by atoms with Gasteiger partial charge >= 0.3 is 143 Å². The second-order valence-electron chi connectivity index (χ2n) is 5.76. The number of benzene rings is 2. The van der Waals surface area contributed by atoms with Crippen LogP contribution in [-0.2, 0) is 31.1 Å². The third-order valence-electron chi connectivity index (χ3n) is 4.36. The van der Waals surface area contributed by atoms with E-state index in [2.05, 4.69) is 62.4 Å². The van der Waals surface area contributed by atoms with Crippen LogP contribution in [0.4, 0.5) is 0 Å². The first-order valence-electron chi connectivity index (χ1n) is 7.88. The first kappa shape index (κ1) is 20.7. The van der Waals surface area contributed by atoms with E-state index in [0.717, 1.165) is 0 Å². The Kier molecular flexibility index (Phi) is 8.28. The quantitative estimate of drug-likeness (QED) is 0.634. The van der Waals surface area contributed by atoms with Gasteiger partial charge in [0.15, 0.2) is 0 Å². The number of halogens is 2. The average Bonchev–Trinajstić information content (AvgIpc) is 2.85. The van der Waals surface area contributed by atoms with Gasteiger partial charge in [-0.2, -0.15) is 0 Å². The summed E-state index contributed by atoms with van der Waals surface area (Å²) in [5, 5.41) is 0. The van der Waals surface area contributed by atoms with Crippen molar-refractivity contribution < 1.29 is 49.5 Å². The minimum atomic E-state index is 0. The fourth-order valence-electron chi connectivity index (χ4n) is 3.16. The molecule has 2 aromatic carbocycles. The van der Waals surface area contributed by atoms with E-state index in [9.17, 15) is 0 Å². The Morgan fingerprint density at radius 1 is 0.957 bits per heavy atom. The molecular weight excluding hydrogens is 402 g/mol. The molecule has 3 rings (SSSR count). The van der Waals surface area contributed by atoms with Gasteiger partial charge < -0.3 is 24.8 Å². The minimum absolute atomic E-state index is 0. The van der Waals surface area contributed by atoms with E-state index < -0.39 is 0 Å². The van der Waals surface area contributed by atoms with Crippen LogP contribution in [0.5, 0.6) is 0 Å². The van der Waals surface area contributed by atoms with Gasteiger partial charge in [-0.1, -0.05) is 0 Å². The minimum Gasteiger partial charge on any atom is -1.00 e. The van der Waals surface area contributed by atoms with E-state index in [1.54, 1.807) is 30.3 Å². The summed E-state index contributed by atoms with van der Waals surface area (Å²) >= 11 is 1.61. The smallest absolute Gasteiger partial charge is 1.00 e. The molecule has 119 valence electrons. The van der Waals surface area contributed by atoms with Crippen LogP contribution in [0.1, 0.15) is 47.0 Å². The van der Waals surface area contributed by atoms with Crippen LogP contribution in [0.15, 0.2) is 48.0 Å². The van der Waals surface area contributed by atoms with Crippen molar-refractivity contribution in [2.75, 3.05) is 0 Å². The molecule has 0 bridgehead atoms. The van der Waals surface area contributed by atoms with Crippen LogP contribution in [0.25, 0.3) is 17.2 Å². The Hall–Kier alpha value is -0.357. The van der Waals surface area contributed by atoms with Crippen molar-refractivity contribution in [3.63, 3.8) is 0 Å². The van der Waals surface area contributed by atoms with Gasteiger partial charge in [-0.15, -0.1) is 0 Å². The molecule has 0 radical (unpaired) electrons. The Morgan fingerprint density at radius 2 is 1.65 bits per heavy atom. The summed E-state index contributed by atoms with van der Waals surface area (Å²) in [5.41, 5.74) is 8.77. The molecule has 0 saturated heterocycles. The Balaban J connectivity index is 0.00000132. The summed E-state index contributed by atoms with van der Waals surface area (Å²) in [6.07, 6.45) is 5.99. The van der Waals surface area contributed by atoms with Crippen LogP contribution in [-0.4, -0.2) is 0 Å². The largest absolute Gasteiger partial charge is 1.00 e. The van der Waals surface area contributed by atoms with Gasteiger partial charge in [-0.3, -0.25) is 0 Å². The summed E-state index contributed by atoms with van der Waals surface area (Å²) < 4.78 is 0.663. The third kappa shape index (κ3) is 4.19. The van der Waals surface area contributed by atoms with Gasteiger partial charge in [0, 0.05) is 0 Å². The van der Waals surface area contributed by atoms with Crippen molar-refractivity contribution in [3.05, 3.63) is 64.7 Å². The summed E-state index contributed by atoms with van der Waals surface area (Å²) in [6, 6.07) is 15.9. The van der Waals surface area contributed by atoms with Crippen LogP contribution in [0.2, 0.25) is 0 Å². The van der Waals surface area contributed by atoms with Gasteiger partial charge in [-0.05, 0) is 0 Å². The van der Waals surface area contributed by atoms with Crippen LogP contribution in [0, 0.1) is 0 Å². The number of rotatable bonds is 4. The van der Waals surface area contributed by atoms with E-state index in [-0.39, 0.29) is 24.8 Å². The van der Waals surface area contributed by atoms with E-state index in [1.165, 1.54) is 47.1 Å². The summed E-state index contributed by atoms with van der Waals surface area (Å²) in [7, 11) is 0. The van der Waals surface area contributed by atoms with Crippen molar-refractivity contribution in [1.29, 1.82) is 0 Å². The molecule has 2 aromatic rings. The van der Waals surface area contributed by atoms with Gasteiger partial charge in [-0.25, -0.2) is 0 Å². The molecule has 0 aliphatic heterocycles. The molecular formula is C20H21Cl2Zr. The second-order valence-corrected chi connectivity index (χ2v) is 7.18. The molecule has 1 aliphatic rings. The monoisotopic (exact) mass is 421 g/mol. The van der Waals surface area contributed by atoms with Gasteiger partial charge in [0.1, 0.15) is 0 Å². The maximum atomic E-state index is 2.43. The maximum absolute atomic E-state index is 2.43. The number of fused-ring (bicyclic) bond motifs is 1. The SMILES string of the molecule is CCCc1ccc(-c2cccc3c2C=C(CC)[CH]3[Zr+2])cc1.[Cl-].[Cl-]. The first-order valence-corrected chi connectivity index (χ1v) is 9.30. The zero-order valence-electron chi connectivity index (χ0n) is 13.6. The summed E-state index contributed by atoms with van der Waals surface area (Å²) in [5.74, 6) is 0. The molecule has 0 amide bonds. The first-order chi connectivity index (χ1) is 10.2. The molecule has 3 heteroatoms. The van der Waals surface area contributed by atoms with Crippen molar-refractivity contribution in [1.82, 2.24) is 0 Å². The summed E-state index contributed by atoms with van der Waals surface area (Å²) in [6.45, 7) is 4.51. The van der Waals surface area contributed by atoms with Gasteiger partial charge in [0.25, 0.3) is 0 Å². The number of aryl methyl sites for hydroxylation is 1. The topological polar surface area (TPSA) is 0 Å². The fourth-order valence-corrected chi connectivity index (χ4v) is 4.49. The van der Waals surface area contributed by atoms with Crippen molar-refractivity contribution in [2.24, 2.45) is 0 Å². The van der Waals surface area contributed by atoms with Gasteiger partial charge in [0.2, 0.25) is 0 Å². The number of allylic oxidation sites excluding steroid dienone is 1. The molecule has 0 aromatic heterocycles. The van der Waals surface area contributed by atoms with Crippen LogP contribution < -0.4 is 24.8 Å². The van der Waals surface area contributed by atoms with Crippen LogP contribution >= 0.6 is 0 Å². The fraction of sp³-hybridized carbons (Fsp3) is 0.300. The molecule has 0 fully saturated rings. The average molecular weight is 424 g/mol. The second kappa shape index (κ2) is 9.21. The van der Waals surface area contributed by atoms with E-state index in [1.807, 2.05) is 0 Å². The zero-order valence-corrected chi connectivity index (χ0v) is 17.5. The van der Waals surface area contributed by atoms with Crippen molar-refractivity contribution in [3.8, 4) is 11.1 Å². The number of hydrogen-bond acceptors (Lipinski definition) is 0. The van der Waals surface area contributed by atoms with Crippen molar-refractivity contribution >= 4 is 6.08 Å². The molecule has 1 unspecified atom stereocenters. The molecule has 1 aliphatic carbocycles. The summed E-state index contributed by atoms with van der Waals surface area (Å²) in [4.78, 5) is 0. The predicted molar refractivity (Wildman–Crippen MR) is 86.9 cm³/mol. The number of hydrogen-bond donors (Lipinski definition) is 0. The Labute approximate surface area is 167 Å². The molecule has 1 atom stereocenters. The molecule has 0 heterocycles. The molecule has 0 saturated carbocycles. The Morgan fingerprint density at radius 3 is 2.26 bits per heavy atom. The molecule has 0 spiro atoms. The van der Waals surface area contributed by atoms with E-state index in [4.69, 9.17) is 0 Å². The van der Waals surface area contributed by atoms with Gasteiger partial charge in [0.05, 0.1) is 0 Å². The third-order valence-corrected chi connectivity index (χ3v) is 6.04. The van der Waals surface area contributed by atoms with E-state index in [0.29, 0.717) is 3.63 Å². The maximum Gasteiger partial charge on any atom is -1.00 e. The standard InChI is InChI=1S/C20H21.2ClH.Zr/c1-3-6-16-9-11-17(12-10-16)19-8-5-7-18-13-15(4-2)14-20(18)19;;;/h5,7-14H,3-4,6H2,1-2H3;2*1H;/q;;;+2/p-2.